The van der Waals surface area contributed by atoms with Gasteiger partial charge in [-0.05, 0) is 6.07 Å². The van der Waals surface area contributed by atoms with Gasteiger partial charge in [-0.25, -0.2) is 4.99 Å². The van der Waals surface area contributed by atoms with Crippen LogP contribution in [0.3, 0.4) is 0 Å². The predicted octanol–water partition coefficient (Wildman–Crippen LogP) is 2.19. The van der Waals surface area contributed by atoms with Gasteiger partial charge in [0.2, 0.25) is 0 Å². The highest BCUT2D eigenvalue weighted by Gasteiger charge is 2.70. The lowest BCUT2D eigenvalue weighted by atomic mass is 9.93. The van der Waals surface area contributed by atoms with Crippen molar-refractivity contribution in [2.75, 3.05) is 21.3 Å². The molecule has 0 radical (unpaired) electrons. The van der Waals surface area contributed by atoms with Gasteiger partial charge < -0.3 is 14.2 Å². The van der Waals surface area contributed by atoms with Crippen molar-refractivity contribution in [2.24, 2.45) is 4.99 Å². The summed E-state index contributed by atoms with van der Waals surface area (Å²) in [5, 5.41) is 11.6. The van der Waals surface area contributed by atoms with Gasteiger partial charge in [-0.1, -0.05) is 18.2 Å². The lowest BCUT2D eigenvalue weighted by molar-refractivity contribution is -0.564. The summed E-state index contributed by atoms with van der Waals surface area (Å²) in [6.45, 7) is 0. The van der Waals surface area contributed by atoms with E-state index in [9.17, 15) is 10.1 Å². The molecule has 7 nitrogen and oxygen atoms in total. The second-order valence-electron chi connectivity index (χ2n) is 4.04. The number of halogens is 1. The highest BCUT2D eigenvalue weighted by atomic mass is 79.9. The molecular formula is C12H13BrN2O5. The van der Waals surface area contributed by atoms with Crippen molar-refractivity contribution in [3.05, 3.63) is 39.9 Å². The van der Waals surface area contributed by atoms with Crippen LogP contribution in [0, 0.1) is 10.1 Å². The minimum absolute atomic E-state index is 0.148. The molecule has 0 fully saturated rings. The Morgan fingerprint density at radius 2 is 1.85 bits per heavy atom. The maximum absolute atomic E-state index is 11.6. The molecule has 2 rings (SSSR count). The summed E-state index contributed by atoms with van der Waals surface area (Å²) in [5.74, 6) is -1.84. The number of hydrogen-bond acceptors (Lipinski definition) is 6. The largest absolute Gasteiger partial charge is 0.478 e. The van der Waals surface area contributed by atoms with Crippen LogP contribution in [0.15, 0.2) is 29.3 Å². The smallest absolute Gasteiger partial charge is 0.405 e. The average Bonchev–Trinajstić information content (AvgIpc) is 2.47. The third-order valence-electron chi connectivity index (χ3n) is 3.22. The molecule has 1 aliphatic rings. The number of alkyl halides is 1. The van der Waals surface area contributed by atoms with E-state index >= 15 is 0 Å². The maximum Gasteiger partial charge on any atom is 0.405 e. The topological polar surface area (TPSA) is 83.2 Å². The van der Waals surface area contributed by atoms with E-state index in [2.05, 4.69) is 20.9 Å². The number of benzene rings is 1. The van der Waals surface area contributed by atoms with Gasteiger partial charge in [0.1, 0.15) is 0 Å². The summed E-state index contributed by atoms with van der Waals surface area (Å²) >= 11 is 3.10. The van der Waals surface area contributed by atoms with Crippen molar-refractivity contribution in [3.8, 4) is 0 Å². The number of ether oxygens (including phenoxy) is 3. The van der Waals surface area contributed by atoms with Crippen LogP contribution in [0.2, 0.25) is 0 Å². The van der Waals surface area contributed by atoms with Crippen molar-refractivity contribution in [2.45, 2.75) is 10.2 Å². The zero-order valence-corrected chi connectivity index (χ0v) is 12.7. The van der Waals surface area contributed by atoms with Crippen molar-refractivity contribution in [1.29, 1.82) is 0 Å². The van der Waals surface area contributed by atoms with Gasteiger partial charge in [-0.3, -0.25) is 10.1 Å². The number of aliphatic imine (C=N–C) groups is 1. The first-order chi connectivity index (χ1) is 9.47. The molecule has 1 atom stereocenters. The van der Waals surface area contributed by atoms with E-state index in [0.29, 0.717) is 11.3 Å². The minimum Gasteiger partial charge on any atom is -0.478 e. The molecule has 0 bridgehead atoms. The minimum atomic E-state index is -1.98. The zero-order valence-electron chi connectivity index (χ0n) is 11.1. The Morgan fingerprint density at radius 3 is 2.35 bits per heavy atom. The fourth-order valence-corrected chi connectivity index (χ4v) is 3.09. The molecule has 1 aliphatic heterocycles. The fraction of sp³-hybridized carbons (Fsp3) is 0.417. The third kappa shape index (κ3) is 1.68. The molecule has 0 amide bonds. The van der Waals surface area contributed by atoms with Gasteiger partial charge in [0.25, 0.3) is 11.7 Å². The fourth-order valence-electron chi connectivity index (χ4n) is 2.31. The molecule has 0 N–H and O–H groups in total. The molecule has 20 heavy (non-hydrogen) atoms. The summed E-state index contributed by atoms with van der Waals surface area (Å²) in [6, 6.07) is 6.86. The third-order valence-corrected chi connectivity index (χ3v) is 4.37. The van der Waals surface area contributed by atoms with Gasteiger partial charge in [-0.2, -0.15) is 0 Å². The summed E-state index contributed by atoms with van der Waals surface area (Å²) in [7, 11) is 3.97. The van der Waals surface area contributed by atoms with Gasteiger partial charge in [0.05, 0.1) is 17.7 Å². The SMILES string of the molecule is COC1=Nc2ccccc2C(OC)(OC)C1(Br)[N+](=O)[O-]. The van der Waals surface area contributed by atoms with E-state index in [0.717, 1.165) is 0 Å². The predicted molar refractivity (Wildman–Crippen MR) is 74.9 cm³/mol. The normalized spacial score (nSPS) is 23.7. The van der Waals surface area contributed by atoms with Crippen LogP contribution in [0.4, 0.5) is 5.69 Å². The summed E-state index contributed by atoms with van der Waals surface area (Å²) in [6.07, 6.45) is 0. The average molecular weight is 345 g/mol. The molecule has 0 spiro atoms. The Morgan fingerprint density at radius 1 is 1.25 bits per heavy atom. The Labute approximate surface area is 123 Å². The molecule has 0 saturated heterocycles. The molecule has 0 saturated carbocycles. The Balaban J connectivity index is 2.84. The van der Waals surface area contributed by atoms with Crippen molar-refractivity contribution in [1.82, 2.24) is 0 Å². The number of nitrogens with zero attached hydrogens (tertiary/aromatic N) is 2. The lowest BCUT2D eigenvalue weighted by Crippen LogP contribution is -2.61. The van der Waals surface area contributed by atoms with Gasteiger partial charge in [-0.15, -0.1) is 0 Å². The number of methoxy groups -OCH3 is 3. The summed E-state index contributed by atoms with van der Waals surface area (Å²) in [4.78, 5) is 15.2. The highest BCUT2D eigenvalue weighted by Crippen LogP contribution is 2.51. The first-order valence-corrected chi connectivity index (χ1v) is 6.43. The van der Waals surface area contributed by atoms with E-state index in [1.807, 2.05) is 0 Å². The Hall–Kier alpha value is -1.51. The van der Waals surface area contributed by atoms with Gasteiger partial charge in [0, 0.05) is 35.7 Å². The lowest BCUT2D eigenvalue weighted by Gasteiger charge is -2.40. The molecule has 1 unspecified atom stereocenters. The van der Waals surface area contributed by atoms with Crippen molar-refractivity contribution >= 4 is 27.5 Å². The Kier molecular flexibility index (Phi) is 3.81. The number of fused-ring (bicyclic) bond motifs is 1. The van der Waals surface area contributed by atoms with E-state index in [1.54, 1.807) is 24.3 Å². The van der Waals surface area contributed by atoms with Crippen LogP contribution in [0.25, 0.3) is 0 Å². The second-order valence-corrected chi connectivity index (χ2v) is 5.19. The van der Waals surface area contributed by atoms with Crippen LogP contribution in [0.5, 0.6) is 0 Å². The molecular weight excluding hydrogens is 332 g/mol. The molecule has 1 aromatic rings. The molecule has 8 heteroatoms. The first kappa shape index (κ1) is 14.9. The standard InChI is InChI=1S/C12H13BrN2O5/c1-18-10-11(13,15(16)17)12(19-2,20-3)8-6-4-5-7-9(8)14-10/h4-7H,1-3H3. The van der Waals surface area contributed by atoms with Crippen LogP contribution in [0.1, 0.15) is 5.56 Å². The van der Waals surface area contributed by atoms with E-state index in [1.165, 1.54) is 21.3 Å². The number of nitro groups is 1. The van der Waals surface area contributed by atoms with Crippen LogP contribution < -0.4 is 0 Å². The summed E-state index contributed by atoms with van der Waals surface area (Å²) < 4.78 is 13.9. The second kappa shape index (κ2) is 5.12. The van der Waals surface area contributed by atoms with E-state index < -0.39 is 15.2 Å². The monoisotopic (exact) mass is 344 g/mol. The molecule has 1 heterocycles. The quantitative estimate of drug-likeness (QED) is 0.276. The number of rotatable bonds is 3. The van der Waals surface area contributed by atoms with Crippen LogP contribution in [-0.4, -0.2) is 36.6 Å². The van der Waals surface area contributed by atoms with E-state index in [-0.39, 0.29) is 5.90 Å². The van der Waals surface area contributed by atoms with Gasteiger partial charge in [0.15, 0.2) is 0 Å². The van der Waals surface area contributed by atoms with Crippen LogP contribution >= 0.6 is 15.9 Å². The highest BCUT2D eigenvalue weighted by molar-refractivity contribution is 9.10. The first-order valence-electron chi connectivity index (χ1n) is 5.64. The van der Waals surface area contributed by atoms with E-state index in [4.69, 9.17) is 14.2 Å². The zero-order chi connectivity index (χ0) is 15.0. The van der Waals surface area contributed by atoms with Crippen LogP contribution in [-0.2, 0) is 20.0 Å². The molecule has 0 aliphatic carbocycles. The molecule has 108 valence electrons. The number of hydrogen-bond donors (Lipinski definition) is 0. The number of para-hydroxylation sites is 1. The Bertz CT molecular complexity index is 573. The molecule has 1 aromatic carbocycles. The van der Waals surface area contributed by atoms with Crippen molar-refractivity contribution < 1.29 is 19.1 Å². The molecule has 0 aromatic heterocycles. The van der Waals surface area contributed by atoms with Gasteiger partial charge >= 0.3 is 4.45 Å². The van der Waals surface area contributed by atoms with Crippen molar-refractivity contribution in [3.63, 3.8) is 0 Å². The maximum atomic E-state index is 11.6. The summed E-state index contributed by atoms with van der Waals surface area (Å²) in [5.41, 5.74) is 0.935.